The first-order valence-electron chi connectivity index (χ1n) is 6.78. The number of amides is 1. The lowest BCUT2D eigenvalue weighted by atomic mass is 9.86. The molecule has 4 N–H and O–H groups in total. The zero-order valence-electron chi connectivity index (χ0n) is 11.2. The zero-order chi connectivity index (χ0) is 14.5. The quantitative estimate of drug-likeness (QED) is 0.758. The van der Waals surface area contributed by atoms with E-state index < -0.39 is 5.97 Å². The standard InChI is InChI=1S/C14H19N3O3/c15-11-3-1-9(2-4-11)13(18)17-8-12-7-10(14(19)20)5-6-16-12/h5-7,9,11H,1-4,8,15H2,(H,17,18)(H,19,20). The molecule has 1 aliphatic carbocycles. The number of carboxylic acid groups (broad SMARTS) is 1. The van der Waals surface area contributed by atoms with Gasteiger partial charge in [0, 0.05) is 18.2 Å². The van der Waals surface area contributed by atoms with Gasteiger partial charge >= 0.3 is 5.97 Å². The van der Waals surface area contributed by atoms with Gasteiger partial charge in [-0.3, -0.25) is 9.78 Å². The fraction of sp³-hybridized carbons (Fsp3) is 0.500. The molecule has 0 spiro atoms. The van der Waals surface area contributed by atoms with Gasteiger partial charge in [-0.15, -0.1) is 0 Å². The fourth-order valence-corrected chi connectivity index (χ4v) is 2.41. The van der Waals surface area contributed by atoms with Crippen LogP contribution in [-0.4, -0.2) is 28.0 Å². The molecule has 20 heavy (non-hydrogen) atoms. The molecule has 0 bridgehead atoms. The lowest BCUT2D eigenvalue weighted by Crippen LogP contribution is -2.36. The number of hydrogen-bond donors (Lipinski definition) is 3. The normalized spacial score (nSPS) is 22.2. The van der Waals surface area contributed by atoms with Crippen LogP contribution in [0.4, 0.5) is 0 Å². The molecule has 1 aromatic rings. The molecule has 1 saturated carbocycles. The first-order valence-corrected chi connectivity index (χ1v) is 6.78. The number of carbonyl (C=O) groups is 2. The van der Waals surface area contributed by atoms with E-state index in [9.17, 15) is 9.59 Å². The van der Waals surface area contributed by atoms with E-state index in [-0.39, 0.29) is 30.0 Å². The van der Waals surface area contributed by atoms with E-state index in [4.69, 9.17) is 10.8 Å². The number of carbonyl (C=O) groups excluding carboxylic acids is 1. The molecular formula is C14H19N3O3. The average Bonchev–Trinajstić information content (AvgIpc) is 2.46. The summed E-state index contributed by atoms with van der Waals surface area (Å²) >= 11 is 0. The number of nitrogens with two attached hydrogens (primary N) is 1. The molecule has 1 heterocycles. The number of aromatic carboxylic acids is 1. The van der Waals surface area contributed by atoms with Gasteiger partial charge in [-0.05, 0) is 37.8 Å². The number of hydrogen-bond acceptors (Lipinski definition) is 4. The Morgan fingerprint density at radius 1 is 1.35 bits per heavy atom. The van der Waals surface area contributed by atoms with Crippen LogP contribution in [0.1, 0.15) is 41.7 Å². The van der Waals surface area contributed by atoms with E-state index in [1.54, 1.807) is 0 Å². The highest BCUT2D eigenvalue weighted by Gasteiger charge is 2.24. The molecule has 2 rings (SSSR count). The van der Waals surface area contributed by atoms with Gasteiger partial charge in [0.1, 0.15) is 0 Å². The van der Waals surface area contributed by atoms with Gasteiger partial charge in [0.15, 0.2) is 0 Å². The fourth-order valence-electron chi connectivity index (χ4n) is 2.41. The van der Waals surface area contributed by atoms with Crippen LogP contribution in [0.2, 0.25) is 0 Å². The molecule has 0 radical (unpaired) electrons. The van der Waals surface area contributed by atoms with Gasteiger partial charge in [-0.25, -0.2) is 4.79 Å². The summed E-state index contributed by atoms with van der Waals surface area (Å²) < 4.78 is 0. The van der Waals surface area contributed by atoms with Crippen LogP contribution in [-0.2, 0) is 11.3 Å². The molecule has 0 aromatic carbocycles. The van der Waals surface area contributed by atoms with Crippen molar-refractivity contribution in [1.82, 2.24) is 10.3 Å². The van der Waals surface area contributed by atoms with E-state index >= 15 is 0 Å². The van der Waals surface area contributed by atoms with E-state index in [0.29, 0.717) is 5.69 Å². The van der Waals surface area contributed by atoms with Crippen molar-refractivity contribution in [3.8, 4) is 0 Å². The molecule has 0 unspecified atom stereocenters. The number of pyridine rings is 1. The predicted octanol–water partition coefficient (Wildman–Crippen LogP) is 0.913. The lowest BCUT2D eigenvalue weighted by molar-refractivity contribution is -0.126. The van der Waals surface area contributed by atoms with Crippen molar-refractivity contribution >= 4 is 11.9 Å². The second-order valence-corrected chi connectivity index (χ2v) is 5.17. The Bertz CT molecular complexity index is 496. The van der Waals surface area contributed by atoms with Crippen molar-refractivity contribution in [3.63, 3.8) is 0 Å². The largest absolute Gasteiger partial charge is 0.478 e. The van der Waals surface area contributed by atoms with E-state index in [2.05, 4.69) is 10.3 Å². The Morgan fingerprint density at radius 2 is 2.05 bits per heavy atom. The third-order valence-corrected chi connectivity index (χ3v) is 3.65. The minimum Gasteiger partial charge on any atom is -0.478 e. The molecule has 108 valence electrons. The molecule has 1 aliphatic rings. The Kier molecular flexibility index (Phi) is 4.68. The Hall–Kier alpha value is -1.95. The van der Waals surface area contributed by atoms with Crippen molar-refractivity contribution in [3.05, 3.63) is 29.6 Å². The molecule has 6 nitrogen and oxygen atoms in total. The number of rotatable bonds is 4. The summed E-state index contributed by atoms with van der Waals surface area (Å²) in [6.07, 6.45) is 4.82. The lowest BCUT2D eigenvalue weighted by Gasteiger charge is -2.25. The zero-order valence-corrected chi connectivity index (χ0v) is 11.2. The Balaban J connectivity index is 1.87. The van der Waals surface area contributed by atoms with Gasteiger partial charge in [-0.1, -0.05) is 0 Å². The van der Waals surface area contributed by atoms with Gasteiger partial charge in [0.25, 0.3) is 0 Å². The predicted molar refractivity (Wildman–Crippen MR) is 73.0 cm³/mol. The second-order valence-electron chi connectivity index (χ2n) is 5.17. The minimum atomic E-state index is -0.999. The third-order valence-electron chi connectivity index (χ3n) is 3.65. The minimum absolute atomic E-state index is 0.000530. The molecule has 0 aliphatic heterocycles. The Morgan fingerprint density at radius 3 is 2.70 bits per heavy atom. The van der Waals surface area contributed by atoms with Gasteiger partial charge < -0.3 is 16.2 Å². The summed E-state index contributed by atoms with van der Waals surface area (Å²) in [7, 11) is 0. The molecule has 6 heteroatoms. The smallest absolute Gasteiger partial charge is 0.335 e. The van der Waals surface area contributed by atoms with E-state index in [0.717, 1.165) is 25.7 Å². The first-order chi connectivity index (χ1) is 9.56. The molecular weight excluding hydrogens is 258 g/mol. The van der Waals surface area contributed by atoms with Crippen molar-refractivity contribution < 1.29 is 14.7 Å². The SMILES string of the molecule is NC1CCC(C(=O)NCc2cc(C(=O)O)ccn2)CC1. The summed E-state index contributed by atoms with van der Waals surface area (Å²) in [4.78, 5) is 26.9. The summed E-state index contributed by atoms with van der Waals surface area (Å²) in [5, 5.41) is 11.7. The second kappa shape index (κ2) is 6.47. The summed E-state index contributed by atoms with van der Waals surface area (Å²) in [6.45, 7) is 0.252. The summed E-state index contributed by atoms with van der Waals surface area (Å²) in [5.41, 5.74) is 6.53. The maximum atomic E-state index is 12.0. The number of carboxylic acids is 1. The van der Waals surface area contributed by atoms with Crippen LogP contribution in [0.25, 0.3) is 0 Å². The highest BCUT2D eigenvalue weighted by Crippen LogP contribution is 2.23. The highest BCUT2D eigenvalue weighted by atomic mass is 16.4. The summed E-state index contributed by atoms with van der Waals surface area (Å²) in [6, 6.07) is 3.11. The molecule has 1 aromatic heterocycles. The maximum absolute atomic E-state index is 12.0. The van der Waals surface area contributed by atoms with Gasteiger partial charge in [-0.2, -0.15) is 0 Å². The number of nitrogens with zero attached hydrogens (tertiary/aromatic N) is 1. The summed E-state index contributed by atoms with van der Waals surface area (Å²) in [5.74, 6) is -0.988. The first kappa shape index (κ1) is 14.5. The van der Waals surface area contributed by atoms with Crippen LogP contribution in [0.5, 0.6) is 0 Å². The van der Waals surface area contributed by atoms with Crippen LogP contribution in [0.15, 0.2) is 18.3 Å². The van der Waals surface area contributed by atoms with Crippen LogP contribution >= 0.6 is 0 Å². The van der Waals surface area contributed by atoms with Crippen molar-refractivity contribution in [1.29, 1.82) is 0 Å². The maximum Gasteiger partial charge on any atom is 0.335 e. The third kappa shape index (κ3) is 3.77. The number of nitrogens with one attached hydrogen (secondary N) is 1. The average molecular weight is 277 g/mol. The number of aromatic nitrogens is 1. The molecule has 0 atom stereocenters. The monoisotopic (exact) mass is 277 g/mol. The highest BCUT2D eigenvalue weighted by molar-refractivity contribution is 5.87. The van der Waals surface area contributed by atoms with Gasteiger partial charge in [0.05, 0.1) is 17.8 Å². The topological polar surface area (TPSA) is 105 Å². The van der Waals surface area contributed by atoms with E-state index in [1.807, 2.05) is 0 Å². The van der Waals surface area contributed by atoms with Crippen molar-refractivity contribution in [2.75, 3.05) is 0 Å². The van der Waals surface area contributed by atoms with Crippen LogP contribution in [0.3, 0.4) is 0 Å². The van der Waals surface area contributed by atoms with Crippen molar-refractivity contribution in [2.24, 2.45) is 11.7 Å². The van der Waals surface area contributed by atoms with Crippen LogP contribution < -0.4 is 11.1 Å². The van der Waals surface area contributed by atoms with Crippen molar-refractivity contribution in [2.45, 2.75) is 38.3 Å². The molecule has 1 fully saturated rings. The molecule has 0 saturated heterocycles. The Labute approximate surface area is 117 Å². The van der Waals surface area contributed by atoms with E-state index in [1.165, 1.54) is 18.3 Å². The van der Waals surface area contributed by atoms with Gasteiger partial charge in [0.2, 0.25) is 5.91 Å². The molecule has 1 amide bonds. The van der Waals surface area contributed by atoms with Crippen LogP contribution in [0, 0.1) is 5.92 Å².